The Labute approximate surface area is 121 Å². The van der Waals surface area contributed by atoms with Crippen LogP contribution in [0.3, 0.4) is 0 Å². The van der Waals surface area contributed by atoms with Crippen molar-refractivity contribution in [2.75, 3.05) is 18.4 Å². The number of hydrogen-bond donors (Lipinski definition) is 0. The number of aryl methyl sites for hydroxylation is 2. The molecule has 0 aliphatic carbocycles. The maximum atomic E-state index is 12.4. The lowest BCUT2D eigenvalue weighted by Gasteiger charge is -2.22. The van der Waals surface area contributed by atoms with E-state index in [1.165, 1.54) is 4.90 Å². The van der Waals surface area contributed by atoms with E-state index >= 15 is 0 Å². The van der Waals surface area contributed by atoms with Crippen LogP contribution in [-0.2, 0) is 13.6 Å². The van der Waals surface area contributed by atoms with Gasteiger partial charge < -0.3 is 0 Å². The summed E-state index contributed by atoms with van der Waals surface area (Å²) >= 11 is 6.53. The summed E-state index contributed by atoms with van der Waals surface area (Å²) in [7, 11) is 1.73. The summed E-state index contributed by atoms with van der Waals surface area (Å²) in [6.45, 7) is 1.43. The largest absolute Gasteiger partial charge is 0.401 e. The van der Waals surface area contributed by atoms with Crippen LogP contribution in [0, 0.1) is 6.92 Å². The van der Waals surface area contributed by atoms with Gasteiger partial charge in [0.25, 0.3) is 0 Å². The van der Waals surface area contributed by atoms with Crippen molar-refractivity contribution >= 4 is 31.9 Å². The normalized spacial score (nSPS) is 12.4. The average molecular weight is 393 g/mol. The molecule has 0 aromatic carbocycles. The fourth-order valence-corrected chi connectivity index (χ4v) is 2.61. The van der Waals surface area contributed by atoms with E-state index in [4.69, 9.17) is 0 Å². The van der Waals surface area contributed by atoms with Gasteiger partial charge in [-0.15, -0.1) is 0 Å². The average Bonchev–Trinajstić information content (AvgIpc) is 2.43. The fraction of sp³-hybridized carbons (Fsp3) is 0.700. The Morgan fingerprint density at radius 3 is 2.39 bits per heavy atom. The number of hydrogen-bond acceptors (Lipinski definition) is 2. The Morgan fingerprint density at radius 2 is 2.00 bits per heavy atom. The first kappa shape index (κ1) is 16.0. The summed E-state index contributed by atoms with van der Waals surface area (Å²) in [6.07, 6.45) is -4.19. The van der Waals surface area contributed by atoms with Crippen molar-refractivity contribution in [3.8, 4) is 0 Å². The monoisotopic (exact) mass is 391 g/mol. The maximum absolute atomic E-state index is 12.4. The molecule has 0 amide bonds. The van der Waals surface area contributed by atoms with Crippen LogP contribution in [0.5, 0.6) is 0 Å². The van der Waals surface area contributed by atoms with Gasteiger partial charge in [0.1, 0.15) is 0 Å². The molecule has 0 spiro atoms. The molecule has 3 nitrogen and oxygen atoms in total. The summed E-state index contributed by atoms with van der Waals surface area (Å²) in [5, 5.41) is 4.67. The molecule has 0 fully saturated rings. The summed E-state index contributed by atoms with van der Waals surface area (Å²) in [5.41, 5.74) is 1.52. The van der Waals surface area contributed by atoms with Gasteiger partial charge in [0.2, 0.25) is 0 Å². The third kappa shape index (κ3) is 4.55. The van der Waals surface area contributed by atoms with E-state index < -0.39 is 12.7 Å². The van der Waals surface area contributed by atoms with Gasteiger partial charge in [-0.1, -0.05) is 15.9 Å². The van der Waals surface area contributed by atoms with E-state index in [1.54, 1.807) is 11.7 Å². The van der Waals surface area contributed by atoms with Crippen molar-refractivity contribution < 1.29 is 13.2 Å². The zero-order valence-corrected chi connectivity index (χ0v) is 13.2. The first-order valence-corrected chi connectivity index (χ1v) is 7.19. The zero-order valence-electron chi connectivity index (χ0n) is 10.1. The second kappa shape index (κ2) is 6.38. The molecule has 0 radical (unpaired) electrons. The van der Waals surface area contributed by atoms with E-state index in [1.807, 2.05) is 6.92 Å². The highest BCUT2D eigenvalue weighted by Crippen LogP contribution is 2.24. The lowest BCUT2D eigenvalue weighted by Crippen LogP contribution is -2.35. The van der Waals surface area contributed by atoms with Crippen LogP contribution in [0.25, 0.3) is 0 Å². The first-order valence-electron chi connectivity index (χ1n) is 5.27. The summed E-state index contributed by atoms with van der Waals surface area (Å²) in [4.78, 5) is 1.34. The van der Waals surface area contributed by atoms with Crippen molar-refractivity contribution in [2.45, 2.75) is 19.6 Å². The minimum atomic E-state index is -4.19. The smallest absolute Gasteiger partial charge is 0.288 e. The Hall–Kier alpha value is -0.0800. The van der Waals surface area contributed by atoms with Gasteiger partial charge in [-0.3, -0.25) is 9.58 Å². The molecule has 1 aromatic rings. The first-order chi connectivity index (χ1) is 8.24. The molecule has 104 valence electrons. The molecular formula is C10H14Br2F3N3. The van der Waals surface area contributed by atoms with Crippen molar-refractivity contribution in [3.63, 3.8) is 0 Å². The van der Waals surface area contributed by atoms with Crippen molar-refractivity contribution in [3.05, 3.63) is 15.9 Å². The predicted octanol–water partition coefficient (Wildman–Crippen LogP) is 3.25. The number of aromatic nitrogens is 2. The molecule has 0 saturated carbocycles. The molecule has 0 bridgehead atoms. The van der Waals surface area contributed by atoms with Gasteiger partial charge in [0.15, 0.2) is 0 Å². The molecule has 0 aliphatic heterocycles. The Kier molecular flexibility index (Phi) is 5.67. The van der Waals surface area contributed by atoms with Crippen LogP contribution in [0.1, 0.15) is 11.4 Å². The van der Waals surface area contributed by atoms with Gasteiger partial charge in [0, 0.05) is 25.5 Å². The van der Waals surface area contributed by atoms with E-state index in [2.05, 4.69) is 37.0 Å². The summed E-state index contributed by atoms with van der Waals surface area (Å²) in [6, 6.07) is 0. The topological polar surface area (TPSA) is 21.1 Å². The van der Waals surface area contributed by atoms with Gasteiger partial charge >= 0.3 is 6.18 Å². The van der Waals surface area contributed by atoms with E-state index in [0.29, 0.717) is 11.9 Å². The lowest BCUT2D eigenvalue weighted by atomic mass is 10.3. The molecule has 0 saturated heterocycles. The second-order valence-corrected chi connectivity index (χ2v) is 5.57. The van der Waals surface area contributed by atoms with Crippen LogP contribution in [0.4, 0.5) is 13.2 Å². The summed E-state index contributed by atoms with van der Waals surface area (Å²) < 4.78 is 39.7. The highest BCUT2D eigenvalue weighted by Gasteiger charge is 2.31. The number of nitrogens with zero attached hydrogens (tertiary/aromatic N) is 3. The van der Waals surface area contributed by atoms with Gasteiger partial charge in [-0.05, 0) is 22.9 Å². The predicted molar refractivity (Wildman–Crippen MR) is 70.8 cm³/mol. The molecule has 18 heavy (non-hydrogen) atoms. The van der Waals surface area contributed by atoms with Crippen LogP contribution in [0.15, 0.2) is 4.47 Å². The quantitative estimate of drug-likeness (QED) is 0.717. The number of rotatable bonds is 5. The standard InChI is InChI=1S/C10H14Br2F3N3/c1-7-9(12)8(17(2)16-7)5-18(4-3-11)6-10(13,14)15/h3-6H2,1-2H3. The molecule has 1 aromatic heterocycles. The zero-order chi connectivity index (χ0) is 13.9. The van der Waals surface area contributed by atoms with Gasteiger partial charge in [0.05, 0.1) is 22.4 Å². The third-order valence-corrected chi connectivity index (χ3v) is 3.82. The third-order valence-electron chi connectivity index (χ3n) is 2.44. The Bertz CT molecular complexity index is 404. The van der Waals surface area contributed by atoms with Crippen LogP contribution >= 0.6 is 31.9 Å². The van der Waals surface area contributed by atoms with Gasteiger partial charge in [-0.2, -0.15) is 18.3 Å². The van der Waals surface area contributed by atoms with E-state index in [-0.39, 0.29) is 6.54 Å². The maximum Gasteiger partial charge on any atom is 0.401 e. The van der Waals surface area contributed by atoms with Gasteiger partial charge in [-0.25, -0.2) is 0 Å². The molecule has 0 aliphatic rings. The van der Waals surface area contributed by atoms with Crippen LogP contribution < -0.4 is 0 Å². The molecule has 1 rings (SSSR count). The van der Waals surface area contributed by atoms with Crippen molar-refractivity contribution in [2.24, 2.45) is 7.05 Å². The highest BCUT2D eigenvalue weighted by atomic mass is 79.9. The summed E-state index contributed by atoms with van der Waals surface area (Å²) in [5.74, 6) is 0. The molecule has 8 heteroatoms. The SMILES string of the molecule is Cc1nn(C)c(CN(CCBr)CC(F)(F)F)c1Br. The molecule has 0 atom stereocenters. The minimum Gasteiger partial charge on any atom is -0.288 e. The van der Waals surface area contributed by atoms with E-state index in [0.717, 1.165) is 15.9 Å². The minimum absolute atomic E-state index is 0.211. The molecule has 1 heterocycles. The molecular weight excluding hydrogens is 379 g/mol. The van der Waals surface area contributed by atoms with Crippen molar-refractivity contribution in [1.82, 2.24) is 14.7 Å². The van der Waals surface area contributed by atoms with E-state index in [9.17, 15) is 13.2 Å². The molecule has 0 N–H and O–H groups in total. The second-order valence-electron chi connectivity index (χ2n) is 3.98. The van der Waals surface area contributed by atoms with Crippen LogP contribution in [0.2, 0.25) is 0 Å². The highest BCUT2D eigenvalue weighted by molar-refractivity contribution is 9.10. The molecule has 0 unspecified atom stereocenters. The fourth-order valence-electron chi connectivity index (χ4n) is 1.65. The number of alkyl halides is 4. The van der Waals surface area contributed by atoms with Crippen LogP contribution in [-0.4, -0.2) is 39.3 Å². The van der Waals surface area contributed by atoms with Crippen molar-refractivity contribution in [1.29, 1.82) is 0 Å². The number of halogens is 5. The lowest BCUT2D eigenvalue weighted by molar-refractivity contribution is -0.146. The Balaban J connectivity index is 2.83. The Morgan fingerprint density at radius 1 is 1.39 bits per heavy atom.